The molecular formula is C14H19Cl2NO3. The summed E-state index contributed by atoms with van der Waals surface area (Å²) in [6.45, 7) is 5.21. The Morgan fingerprint density at radius 2 is 1.90 bits per heavy atom. The molecule has 1 aromatic carbocycles. The summed E-state index contributed by atoms with van der Waals surface area (Å²) >= 11 is 12.0. The van der Waals surface area contributed by atoms with Gasteiger partial charge in [-0.15, -0.1) is 0 Å². The number of nitrogens with zero attached hydrogens (tertiary/aromatic N) is 1. The van der Waals surface area contributed by atoms with Crippen LogP contribution in [0.5, 0.6) is 5.75 Å². The molecule has 0 saturated carbocycles. The summed E-state index contributed by atoms with van der Waals surface area (Å²) in [6, 6.07) is 5.41. The zero-order valence-corrected chi connectivity index (χ0v) is 13.4. The van der Waals surface area contributed by atoms with Gasteiger partial charge in [-0.05, 0) is 26.0 Å². The van der Waals surface area contributed by atoms with E-state index in [0.29, 0.717) is 28.9 Å². The average Bonchev–Trinajstić information content (AvgIpc) is 2.40. The zero-order valence-electron chi connectivity index (χ0n) is 11.9. The number of ether oxygens (including phenoxy) is 2. The molecule has 0 bridgehead atoms. The predicted octanol–water partition coefficient (Wildman–Crippen LogP) is 3.26. The van der Waals surface area contributed by atoms with Crippen LogP contribution in [-0.2, 0) is 9.53 Å². The molecule has 0 unspecified atom stereocenters. The maximum atomic E-state index is 11.3. The topological polar surface area (TPSA) is 38.8 Å². The van der Waals surface area contributed by atoms with Crippen molar-refractivity contribution in [2.45, 2.75) is 19.9 Å². The van der Waals surface area contributed by atoms with Gasteiger partial charge in [-0.2, -0.15) is 0 Å². The van der Waals surface area contributed by atoms with Crippen LogP contribution in [0.25, 0.3) is 0 Å². The highest BCUT2D eigenvalue weighted by molar-refractivity contribution is 6.37. The molecule has 20 heavy (non-hydrogen) atoms. The highest BCUT2D eigenvalue weighted by Gasteiger charge is 2.15. The first kappa shape index (κ1) is 17.1. The van der Waals surface area contributed by atoms with Crippen LogP contribution in [0.1, 0.15) is 13.8 Å². The highest BCUT2D eigenvalue weighted by Crippen LogP contribution is 2.32. The average molecular weight is 320 g/mol. The number of rotatable bonds is 7. The summed E-state index contributed by atoms with van der Waals surface area (Å²) in [7, 11) is 1.38. The molecule has 0 heterocycles. The van der Waals surface area contributed by atoms with Crippen LogP contribution in [0.2, 0.25) is 10.0 Å². The van der Waals surface area contributed by atoms with E-state index >= 15 is 0 Å². The van der Waals surface area contributed by atoms with Crippen molar-refractivity contribution >= 4 is 29.2 Å². The van der Waals surface area contributed by atoms with Gasteiger partial charge in [0.2, 0.25) is 0 Å². The summed E-state index contributed by atoms with van der Waals surface area (Å²) in [4.78, 5) is 13.3. The minimum absolute atomic E-state index is 0.208. The Hall–Kier alpha value is -0.970. The number of esters is 1. The molecule has 0 aromatic heterocycles. The van der Waals surface area contributed by atoms with Crippen LogP contribution in [0.4, 0.5) is 0 Å². The van der Waals surface area contributed by atoms with E-state index in [9.17, 15) is 4.79 Å². The second-order valence-electron chi connectivity index (χ2n) is 4.54. The second kappa shape index (κ2) is 8.35. The van der Waals surface area contributed by atoms with Crippen molar-refractivity contribution in [3.8, 4) is 5.75 Å². The third kappa shape index (κ3) is 5.19. The first-order valence-electron chi connectivity index (χ1n) is 6.33. The van der Waals surface area contributed by atoms with Crippen LogP contribution in [-0.4, -0.2) is 43.7 Å². The van der Waals surface area contributed by atoms with E-state index in [1.807, 2.05) is 18.7 Å². The molecule has 4 nitrogen and oxygen atoms in total. The van der Waals surface area contributed by atoms with Gasteiger partial charge in [-0.1, -0.05) is 29.3 Å². The summed E-state index contributed by atoms with van der Waals surface area (Å²) < 4.78 is 10.3. The van der Waals surface area contributed by atoms with Crippen molar-refractivity contribution in [1.82, 2.24) is 4.90 Å². The van der Waals surface area contributed by atoms with Crippen LogP contribution in [0.15, 0.2) is 18.2 Å². The van der Waals surface area contributed by atoms with Crippen LogP contribution in [0, 0.1) is 0 Å². The molecule has 0 saturated heterocycles. The van der Waals surface area contributed by atoms with Crippen molar-refractivity contribution in [3.63, 3.8) is 0 Å². The maximum absolute atomic E-state index is 11.3. The molecule has 0 aliphatic rings. The summed E-state index contributed by atoms with van der Waals surface area (Å²) in [5.74, 6) is 0.201. The third-order valence-electron chi connectivity index (χ3n) is 2.83. The minimum Gasteiger partial charge on any atom is -0.489 e. The van der Waals surface area contributed by atoms with Crippen molar-refractivity contribution in [2.24, 2.45) is 0 Å². The molecule has 0 spiro atoms. The lowest BCUT2D eigenvalue weighted by atomic mass is 10.3. The molecule has 112 valence electrons. The smallest absolute Gasteiger partial charge is 0.319 e. The Labute approximate surface area is 129 Å². The lowest BCUT2D eigenvalue weighted by Gasteiger charge is -2.25. The van der Waals surface area contributed by atoms with E-state index in [4.69, 9.17) is 27.9 Å². The highest BCUT2D eigenvalue weighted by atomic mass is 35.5. The quantitative estimate of drug-likeness (QED) is 0.723. The lowest BCUT2D eigenvalue weighted by Crippen LogP contribution is -2.39. The molecule has 6 heteroatoms. The van der Waals surface area contributed by atoms with Gasteiger partial charge in [0.25, 0.3) is 0 Å². The van der Waals surface area contributed by atoms with E-state index in [2.05, 4.69) is 4.74 Å². The van der Waals surface area contributed by atoms with E-state index in [0.717, 1.165) is 0 Å². The van der Waals surface area contributed by atoms with Crippen molar-refractivity contribution < 1.29 is 14.3 Å². The van der Waals surface area contributed by atoms with Crippen LogP contribution in [0.3, 0.4) is 0 Å². The molecule has 0 aliphatic carbocycles. The Balaban J connectivity index is 2.54. The fourth-order valence-electron chi connectivity index (χ4n) is 1.64. The van der Waals surface area contributed by atoms with Gasteiger partial charge >= 0.3 is 5.97 Å². The van der Waals surface area contributed by atoms with E-state index in [1.165, 1.54) is 7.11 Å². The predicted molar refractivity (Wildman–Crippen MR) is 80.7 cm³/mol. The number of para-hydroxylation sites is 1. The van der Waals surface area contributed by atoms with E-state index < -0.39 is 0 Å². The monoisotopic (exact) mass is 319 g/mol. The van der Waals surface area contributed by atoms with Gasteiger partial charge < -0.3 is 9.47 Å². The zero-order chi connectivity index (χ0) is 15.1. The largest absolute Gasteiger partial charge is 0.489 e. The fourth-order valence-corrected chi connectivity index (χ4v) is 2.14. The second-order valence-corrected chi connectivity index (χ2v) is 5.35. The molecule has 0 amide bonds. The molecule has 0 aliphatic heterocycles. The van der Waals surface area contributed by atoms with Crippen molar-refractivity contribution in [1.29, 1.82) is 0 Å². The number of carbonyl (C=O) groups is 1. The number of halogens is 2. The maximum Gasteiger partial charge on any atom is 0.319 e. The van der Waals surface area contributed by atoms with Gasteiger partial charge in [0.1, 0.15) is 6.61 Å². The summed E-state index contributed by atoms with van der Waals surface area (Å²) in [6.07, 6.45) is 0. The van der Waals surface area contributed by atoms with E-state index in [-0.39, 0.29) is 18.6 Å². The number of hydrogen-bond acceptors (Lipinski definition) is 4. The molecule has 0 radical (unpaired) electrons. The molecule has 0 atom stereocenters. The molecular weight excluding hydrogens is 301 g/mol. The Kier molecular flexibility index (Phi) is 7.13. The SMILES string of the molecule is COC(=O)CN(CCOc1c(Cl)cccc1Cl)C(C)C. The third-order valence-corrected chi connectivity index (χ3v) is 3.43. The Morgan fingerprint density at radius 1 is 1.30 bits per heavy atom. The van der Waals surface area contributed by atoms with Crippen molar-refractivity contribution in [2.75, 3.05) is 26.8 Å². The Morgan fingerprint density at radius 3 is 2.40 bits per heavy atom. The van der Waals surface area contributed by atoms with Crippen LogP contribution >= 0.6 is 23.2 Å². The number of carbonyl (C=O) groups excluding carboxylic acids is 1. The van der Waals surface area contributed by atoms with Crippen molar-refractivity contribution in [3.05, 3.63) is 28.2 Å². The number of benzene rings is 1. The number of methoxy groups -OCH3 is 1. The summed E-state index contributed by atoms with van der Waals surface area (Å²) in [5.41, 5.74) is 0. The normalized spacial score (nSPS) is 10.9. The molecule has 0 N–H and O–H groups in total. The Bertz CT molecular complexity index is 432. The van der Waals surface area contributed by atoms with Gasteiger partial charge in [0.05, 0.1) is 23.7 Å². The van der Waals surface area contributed by atoms with Gasteiger partial charge in [-0.3, -0.25) is 9.69 Å². The molecule has 1 rings (SSSR count). The van der Waals surface area contributed by atoms with Gasteiger partial charge in [0, 0.05) is 12.6 Å². The first-order valence-corrected chi connectivity index (χ1v) is 7.09. The van der Waals surface area contributed by atoms with Gasteiger partial charge in [0.15, 0.2) is 5.75 Å². The van der Waals surface area contributed by atoms with Gasteiger partial charge in [-0.25, -0.2) is 0 Å². The number of hydrogen-bond donors (Lipinski definition) is 0. The first-order chi connectivity index (χ1) is 9.45. The lowest BCUT2D eigenvalue weighted by molar-refractivity contribution is -0.142. The fraction of sp³-hybridized carbons (Fsp3) is 0.500. The minimum atomic E-state index is -0.269. The van der Waals surface area contributed by atoms with E-state index in [1.54, 1.807) is 18.2 Å². The molecule has 1 aromatic rings. The summed E-state index contributed by atoms with van der Waals surface area (Å²) in [5, 5.41) is 0.947. The van der Waals surface area contributed by atoms with Crippen LogP contribution < -0.4 is 4.74 Å². The standard InChI is InChI=1S/C14H19Cl2NO3/c1-10(2)17(9-13(18)19-3)7-8-20-14-11(15)5-4-6-12(14)16/h4-6,10H,7-9H2,1-3H3. The molecule has 0 fully saturated rings.